The first-order chi connectivity index (χ1) is 9.25. The predicted octanol–water partition coefficient (Wildman–Crippen LogP) is 2.77. The number of aryl methyl sites for hydroxylation is 2. The predicted molar refractivity (Wildman–Crippen MR) is 78.3 cm³/mol. The van der Waals surface area contributed by atoms with Crippen LogP contribution in [0.2, 0.25) is 0 Å². The molecular weight excluding hydrogens is 256 g/mol. The van der Waals surface area contributed by atoms with E-state index in [2.05, 4.69) is 4.98 Å². The fraction of sp³-hybridized carbons (Fsp3) is 0.286. The van der Waals surface area contributed by atoms with Crippen molar-refractivity contribution in [2.24, 2.45) is 7.05 Å². The summed E-state index contributed by atoms with van der Waals surface area (Å²) in [6, 6.07) is 3.91. The summed E-state index contributed by atoms with van der Waals surface area (Å²) in [5.41, 5.74) is 10.6. The Morgan fingerprint density at radius 3 is 3.11 bits per heavy atom. The molecule has 1 aliphatic carbocycles. The van der Waals surface area contributed by atoms with Gasteiger partial charge in [0.2, 0.25) is 0 Å². The summed E-state index contributed by atoms with van der Waals surface area (Å²) in [6.45, 7) is 0. The zero-order chi connectivity index (χ0) is 13.0. The highest BCUT2D eigenvalue weighted by Gasteiger charge is 2.25. The van der Waals surface area contributed by atoms with Gasteiger partial charge < -0.3 is 10.3 Å². The van der Waals surface area contributed by atoms with Crippen molar-refractivity contribution in [2.75, 3.05) is 5.73 Å². The van der Waals surface area contributed by atoms with Crippen LogP contribution in [0.5, 0.6) is 0 Å². The number of nitrogen functional groups attached to an aromatic ring is 1. The fourth-order valence-electron chi connectivity index (χ4n) is 2.92. The van der Waals surface area contributed by atoms with Gasteiger partial charge in [0.25, 0.3) is 0 Å². The lowest BCUT2D eigenvalue weighted by atomic mass is 10.1. The third-order valence-corrected chi connectivity index (χ3v) is 4.92. The average Bonchev–Trinajstić information content (AvgIpc) is 3.04. The maximum atomic E-state index is 6.22. The molecule has 3 aromatic rings. The number of fused-ring (bicyclic) bond motifs is 2. The molecule has 0 fully saturated rings. The first-order valence-corrected chi connectivity index (χ1v) is 7.25. The van der Waals surface area contributed by atoms with E-state index >= 15 is 0 Å². The van der Waals surface area contributed by atoms with E-state index in [1.807, 2.05) is 23.7 Å². The second-order valence-electron chi connectivity index (χ2n) is 4.94. The standard InChI is InChI=1S/C14H14N4S/c1-18-13-9(5-3-7-16-13)17-14(18)11-8-4-2-6-10(8)19-12(11)15/h3,5,7H,2,4,6,15H2,1H3. The van der Waals surface area contributed by atoms with Gasteiger partial charge in [-0.3, -0.25) is 0 Å². The Labute approximate surface area is 114 Å². The second kappa shape index (κ2) is 3.81. The van der Waals surface area contributed by atoms with Crippen molar-refractivity contribution in [3.63, 3.8) is 0 Å². The molecule has 0 amide bonds. The van der Waals surface area contributed by atoms with Gasteiger partial charge in [-0.1, -0.05) is 0 Å². The topological polar surface area (TPSA) is 56.7 Å². The molecule has 0 radical (unpaired) electrons. The van der Waals surface area contributed by atoms with Crippen molar-refractivity contribution >= 4 is 27.5 Å². The van der Waals surface area contributed by atoms with E-state index in [9.17, 15) is 0 Å². The van der Waals surface area contributed by atoms with Crippen molar-refractivity contribution in [1.29, 1.82) is 0 Å². The number of aromatic nitrogens is 3. The lowest BCUT2D eigenvalue weighted by Crippen LogP contribution is -1.97. The number of rotatable bonds is 1. The number of hydrogen-bond acceptors (Lipinski definition) is 4. The minimum Gasteiger partial charge on any atom is -0.390 e. The minimum absolute atomic E-state index is 0.892. The van der Waals surface area contributed by atoms with Crippen molar-refractivity contribution in [3.8, 4) is 11.4 Å². The maximum Gasteiger partial charge on any atom is 0.160 e. The van der Waals surface area contributed by atoms with Crippen LogP contribution in [-0.2, 0) is 19.9 Å². The number of nitrogens with zero attached hydrogens (tertiary/aromatic N) is 3. The molecule has 19 heavy (non-hydrogen) atoms. The summed E-state index contributed by atoms with van der Waals surface area (Å²) < 4.78 is 2.05. The van der Waals surface area contributed by atoms with E-state index in [1.54, 1.807) is 17.5 Å². The molecule has 0 aromatic carbocycles. The van der Waals surface area contributed by atoms with E-state index < -0.39 is 0 Å². The SMILES string of the molecule is Cn1c(-c2c(N)sc3c2CCC3)nc2cccnc21. The molecule has 3 heterocycles. The first kappa shape index (κ1) is 11.0. The molecule has 1 aliphatic rings. The summed E-state index contributed by atoms with van der Waals surface area (Å²) >= 11 is 1.72. The number of thiophene rings is 1. The molecule has 96 valence electrons. The van der Waals surface area contributed by atoms with E-state index in [-0.39, 0.29) is 0 Å². The molecule has 0 bridgehead atoms. The Morgan fingerprint density at radius 1 is 1.37 bits per heavy atom. The lowest BCUT2D eigenvalue weighted by molar-refractivity contribution is 0.909. The van der Waals surface area contributed by atoms with Gasteiger partial charge in [0, 0.05) is 18.1 Å². The first-order valence-electron chi connectivity index (χ1n) is 6.43. The van der Waals surface area contributed by atoms with Gasteiger partial charge in [-0.25, -0.2) is 9.97 Å². The molecule has 0 aliphatic heterocycles. The Bertz CT molecular complexity index is 784. The van der Waals surface area contributed by atoms with Gasteiger partial charge in [-0.15, -0.1) is 11.3 Å². The maximum absolute atomic E-state index is 6.22. The highest BCUT2D eigenvalue weighted by Crippen LogP contribution is 2.43. The summed E-state index contributed by atoms with van der Waals surface area (Å²) in [6.07, 6.45) is 5.31. The Morgan fingerprint density at radius 2 is 2.26 bits per heavy atom. The van der Waals surface area contributed by atoms with Crippen LogP contribution in [0, 0.1) is 0 Å². The zero-order valence-electron chi connectivity index (χ0n) is 10.7. The monoisotopic (exact) mass is 270 g/mol. The molecule has 4 nitrogen and oxygen atoms in total. The molecule has 5 heteroatoms. The third-order valence-electron chi connectivity index (χ3n) is 3.80. The Hall–Kier alpha value is -1.88. The number of imidazole rings is 1. The number of pyridine rings is 1. The minimum atomic E-state index is 0.892. The van der Waals surface area contributed by atoms with Gasteiger partial charge in [0.05, 0.1) is 10.6 Å². The van der Waals surface area contributed by atoms with Gasteiger partial charge in [0.15, 0.2) is 5.65 Å². The third kappa shape index (κ3) is 1.45. The van der Waals surface area contributed by atoms with E-state index in [0.717, 1.165) is 40.4 Å². The zero-order valence-corrected chi connectivity index (χ0v) is 11.5. The van der Waals surface area contributed by atoms with Crippen molar-refractivity contribution in [3.05, 3.63) is 28.8 Å². The summed E-state index contributed by atoms with van der Waals surface area (Å²) in [5.74, 6) is 0.950. The smallest absolute Gasteiger partial charge is 0.160 e. The average molecular weight is 270 g/mol. The molecule has 0 unspecified atom stereocenters. The molecule has 2 N–H and O–H groups in total. The number of hydrogen-bond donors (Lipinski definition) is 1. The van der Waals surface area contributed by atoms with Crippen LogP contribution in [-0.4, -0.2) is 14.5 Å². The van der Waals surface area contributed by atoms with Crippen LogP contribution in [0.1, 0.15) is 16.9 Å². The van der Waals surface area contributed by atoms with Gasteiger partial charge >= 0.3 is 0 Å². The second-order valence-corrected chi connectivity index (χ2v) is 6.07. The van der Waals surface area contributed by atoms with Gasteiger partial charge in [-0.05, 0) is 37.0 Å². The molecule has 4 rings (SSSR count). The van der Waals surface area contributed by atoms with Crippen molar-refractivity contribution in [1.82, 2.24) is 14.5 Å². The fourth-order valence-corrected chi connectivity index (χ4v) is 4.07. The van der Waals surface area contributed by atoms with E-state index in [4.69, 9.17) is 10.7 Å². The molecule has 0 saturated carbocycles. The molecule has 3 aromatic heterocycles. The van der Waals surface area contributed by atoms with E-state index in [0.29, 0.717) is 0 Å². The quantitative estimate of drug-likeness (QED) is 0.739. The largest absolute Gasteiger partial charge is 0.390 e. The van der Waals surface area contributed by atoms with E-state index in [1.165, 1.54) is 16.9 Å². The summed E-state index contributed by atoms with van der Waals surface area (Å²) in [7, 11) is 2.01. The molecule has 0 spiro atoms. The lowest BCUT2D eigenvalue weighted by Gasteiger charge is -2.03. The van der Waals surface area contributed by atoms with Crippen molar-refractivity contribution < 1.29 is 0 Å². The number of anilines is 1. The highest BCUT2D eigenvalue weighted by atomic mass is 32.1. The van der Waals surface area contributed by atoms with Crippen LogP contribution in [0.15, 0.2) is 18.3 Å². The van der Waals surface area contributed by atoms with Crippen LogP contribution < -0.4 is 5.73 Å². The van der Waals surface area contributed by atoms with Crippen LogP contribution >= 0.6 is 11.3 Å². The van der Waals surface area contributed by atoms with Crippen LogP contribution in [0.3, 0.4) is 0 Å². The molecular formula is C14H14N4S. The highest BCUT2D eigenvalue weighted by molar-refractivity contribution is 7.16. The summed E-state index contributed by atoms with van der Waals surface area (Å²) in [4.78, 5) is 10.6. The normalized spacial score (nSPS) is 14.2. The van der Waals surface area contributed by atoms with Gasteiger partial charge in [-0.2, -0.15) is 0 Å². The van der Waals surface area contributed by atoms with Crippen molar-refractivity contribution in [2.45, 2.75) is 19.3 Å². The van der Waals surface area contributed by atoms with Crippen LogP contribution in [0.4, 0.5) is 5.00 Å². The number of nitrogens with two attached hydrogens (primary N) is 1. The Kier molecular flexibility index (Phi) is 2.20. The molecule has 0 atom stereocenters. The Balaban J connectivity index is 2.03. The summed E-state index contributed by atoms with van der Waals surface area (Å²) in [5, 5.41) is 0.892. The molecule has 0 saturated heterocycles. The van der Waals surface area contributed by atoms with Crippen LogP contribution in [0.25, 0.3) is 22.6 Å². The van der Waals surface area contributed by atoms with Gasteiger partial charge in [0.1, 0.15) is 11.3 Å².